The van der Waals surface area contributed by atoms with Crippen LogP contribution < -0.4 is 15.5 Å². The molecular weight excluding hydrogens is 350 g/mol. The van der Waals surface area contributed by atoms with Crippen LogP contribution in [0.15, 0.2) is 36.4 Å². The topological polar surface area (TPSA) is 70.4 Å². The summed E-state index contributed by atoms with van der Waals surface area (Å²) in [5.74, 6) is 1.87. The molecule has 2 N–H and O–H groups in total. The first-order valence-electron chi connectivity index (χ1n) is 10.2. The van der Waals surface area contributed by atoms with Crippen LogP contribution in [-0.4, -0.2) is 51.6 Å². The molecule has 2 fully saturated rings. The lowest BCUT2D eigenvalue weighted by Gasteiger charge is -2.21. The Morgan fingerprint density at radius 3 is 2.75 bits per heavy atom. The molecule has 2 aliphatic rings. The van der Waals surface area contributed by atoms with Crippen molar-refractivity contribution in [1.29, 1.82) is 0 Å². The molecule has 1 aliphatic heterocycles. The normalized spacial score (nSPS) is 18.1. The van der Waals surface area contributed by atoms with Crippen LogP contribution >= 0.6 is 0 Å². The molecule has 0 spiro atoms. The Balaban J connectivity index is 1.59. The van der Waals surface area contributed by atoms with Crippen molar-refractivity contribution < 1.29 is 0 Å². The number of benzene rings is 1. The number of fused-ring (bicyclic) bond motifs is 5. The fourth-order valence-electron chi connectivity index (χ4n) is 4.02. The van der Waals surface area contributed by atoms with Crippen molar-refractivity contribution in [3.05, 3.63) is 36.4 Å². The van der Waals surface area contributed by atoms with Crippen molar-refractivity contribution in [2.75, 3.05) is 36.4 Å². The van der Waals surface area contributed by atoms with Gasteiger partial charge >= 0.3 is 0 Å². The second kappa shape index (κ2) is 6.31. The molecule has 142 valence electrons. The van der Waals surface area contributed by atoms with Crippen LogP contribution in [0.25, 0.3) is 27.8 Å². The Labute approximate surface area is 162 Å². The van der Waals surface area contributed by atoms with E-state index in [4.69, 9.17) is 15.0 Å². The van der Waals surface area contributed by atoms with E-state index in [2.05, 4.69) is 50.3 Å². The predicted molar refractivity (Wildman–Crippen MR) is 112 cm³/mol. The van der Waals surface area contributed by atoms with Gasteiger partial charge in [0.1, 0.15) is 11.3 Å². The van der Waals surface area contributed by atoms with Gasteiger partial charge in [-0.2, -0.15) is 0 Å². The molecule has 0 unspecified atom stereocenters. The van der Waals surface area contributed by atoms with E-state index in [1.165, 1.54) is 12.8 Å². The quantitative estimate of drug-likeness (QED) is 0.575. The van der Waals surface area contributed by atoms with E-state index in [0.717, 1.165) is 72.1 Å². The Bertz CT molecular complexity index is 1170. The largest absolute Gasteiger partial charge is 0.364 e. The van der Waals surface area contributed by atoms with E-state index in [9.17, 15) is 0 Å². The first-order chi connectivity index (χ1) is 13.9. The summed E-state index contributed by atoms with van der Waals surface area (Å²) >= 11 is 0. The average Bonchev–Trinajstić information content (AvgIpc) is 3.50. The highest BCUT2D eigenvalue weighted by Gasteiger charge is 2.24. The lowest BCUT2D eigenvalue weighted by Crippen LogP contribution is -2.28. The van der Waals surface area contributed by atoms with Crippen LogP contribution in [0.5, 0.6) is 0 Å². The van der Waals surface area contributed by atoms with Gasteiger partial charge in [0.05, 0.1) is 11.0 Å². The molecule has 4 heterocycles. The maximum absolute atomic E-state index is 5.06. The van der Waals surface area contributed by atoms with Crippen molar-refractivity contribution >= 4 is 39.5 Å². The van der Waals surface area contributed by atoms with Crippen LogP contribution in [-0.2, 0) is 0 Å². The second-order valence-corrected chi connectivity index (χ2v) is 7.74. The number of rotatable bonds is 3. The molecule has 6 rings (SSSR count). The van der Waals surface area contributed by atoms with Crippen molar-refractivity contribution in [2.45, 2.75) is 25.3 Å². The predicted octanol–water partition coefficient (Wildman–Crippen LogP) is 2.80. The minimum atomic E-state index is 0.519. The monoisotopic (exact) mass is 373 g/mol. The highest BCUT2D eigenvalue weighted by Crippen LogP contribution is 2.30. The van der Waals surface area contributed by atoms with Gasteiger partial charge < -0.3 is 15.5 Å². The van der Waals surface area contributed by atoms with Crippen LogP contribution in [0, 0.1) is 0 Å². The van der Waals surface area contributed by atoms with Gasteiger partial charge in [0, 0.05) is 25.7 Å². The summed E-state index contributed by atoms with van der Waals surface area (Å²) in [5.41, 5.74) is 4.69. The van der Waals surface area contributed by atoms with Gasteiger partial charge in [-0.15, -0.1) is 0 Å². The molecule has 0 bridgehead atoms. The Morgan fingerprint density at radius 2 is 1.82 bits per heavy atom. The SMILES string of the molecule is c1ccc2c(c1)nc1c(NC3CC3)nc3ccc(N4CCCNCC4)nc3n12. The van der Waals surface area contributed by atoms with Crippen molar-refractivity contribution in [2.24, 2.45) is 0 Å². The summed E-state index contributed by atoms with van der Waals surface area (Å²) in [4.78, 5) is 17.2. The van der Waals surface area contributed by atoms with E-state index in [1.54, 1.807) is 0 Å². The lowest BCUT2D eigenvalue weighted by atomic mass is 10.3. The first kappa shape index (κ1) is 16.1. The highest BCUT2D eigenvalue weighted by atomic mass is 15.2. The van der Waals surface area contributed by atoms with Crippen LogP contribution in [0.4, 0.5) is 11.6 Å². The molecule has 0 radical (unpaired) electrons. The standard InChI is InChI=1S/C21H23N7/c1-2-5-17-15(4-1)25-21-19(23-14-6-7-14)24-16-8-9-18(26-20(16)28(17)21)27-12-3-10-22-11-13-27/h1-2,4-5,8-9,14,22H,3,6-7,10-13H2,(H,23,24). The van der Waals surface area contributed by atoms with Gasteiger partial charge in [0.2, 0.25) is 0 Å². The molecule has 1 saturated carbocycles. The number of para-hydroxylation sites is 2. The summed E-state index contributed by atoms with van der Waals surface area (Å²) in [7, 11) is 0. The molecule has 1 saturated heterocycles. The summed E-state index contributed by atoms with van der Waals surface area (Å²) < 4.78 is 2.17. The van der Waals surface area contributed by atoms with E-state index in [0.29, 0.717) is 6.04 Å². The van der Waals surface area contributed by atoms with Gasteiger partial charge in [-0.3, -0.25) is 4.40 Å². The molecule has 7 nitrogen and oxygen atoms in total. The number of pyridine rings is 1. The zero-order valence-corrected chi connectivity index (χ0v) is 15.7. The number of anilines is 2. The fraction of sp³-hybridized carbons (Fsp3) is 0.381. The second-order valence-electron chi connectivity index (χ2n) is 7.74. The number of nitrogens with one attached hydrogen (secondary N) is 2. The molecular formula is C21H23N7. The molecule has 4 aromatic rings. The maximum atomic E-state index is 5.06. The van der Waals surface area contributed by atoms with Crippen LogP contribution in [0.2, 0.25) is 0 Å². The smallest absolute Gasteiger partial charge is 0.182 e. The third-order valence-corrected chi connectivity index (χ3v) is 5.64. The van der Waals surface area contributed by atoms with Crippen LogP contribution in [0.3, 0.4) is 0 Å². The maximum Gasteiger partial charge on any atom is 0.182 e. The number of nitrogens with zero attached hydrogens (tertiary/aromatic N) is 5. The molecule has 0 amide bonds. The van der Waals surface area contributed by atoms with Crippen molar-refractivity contribution in [3.8, 4) is 0 Å². The molecule has 3 aromatic heterocycles. The van der Waals surface area contributed by atoms with Crippen molar-refractivity contribution in [1.82, 2.24) is 24.7 Å². The Kier molecular flexibility index (Phi) is 3.62. The van der Waals surface area contributed by atoms with Crippen LogP contribution in [0.1, 0.15) is 19.3 Å². The first-order valence-corrected chi connectivity index (χ1v) is 10.2. The zero-order valence-electron chi connectivity index (χ0n) is 15.7. The summed E-state index contributed by atoms with van der Waals surface area (Å²) in [5, 5.41) is 7.02. The van der Waals surface area contributed by atoms with Gasteiger partial charge in [-0.05, 0) is 50.1 Å². The minimum Gasteiger partial charge on any atom is -0.364 e. The van der Waals surface area contributed by atoms with Gasteiger partial charge in [0.25, 0.3) is 0 Å². The van der Waals surface area contributed by atoms with Gasteiger partial charge in [-0.1, -0.05) is 12.1 Å². The highest BCUT2D eigenvalue weighted by molar-refractivity contribution is 5.91. The third kappa shape index (κ3) is 2.65. The minimum absolute atomic E-state index is 0.519. The number of imidazole rings is 1. The van der Waals surface area contributed by atoms with Gasteiger partial charge in [0.15, 0.2) is 17.1 Å². The number of hydrogen-bond donors (Lipinski definition) is 2. The van der Waals surface area contributed by atoms with E-state index < -0.39 is 0 Å². The van der Waals surface area contributed by atoms with E-state index in [-0.39, 0.29) is 0 Å². The summed E-state index contributed by atoms with van der Waals surface area (Å²) in [6, 6.07) is 13.0. The molecule has 0 atom stereocenters. The lowest BCUT2D eigenvalue weighted by molar-refractivity contribution is 0.724. The van der Waals surface area contributed by atoms with E-state index in [1.807, 2.05) is 6.07 Å². The Hall–Kier alpha value is -2.93. The van der Waals surface area contributed by atoms with E-state index >= 15 is 0 Å². The summed E-state index contributed by atoms with van der Waals surface area (Å²) in [6.45, 7) is 4.05. The molecule has 1 aromatic carbocycles. The third-order valence-electron chi connectivity index (χ3n) is 5.64. The number of aromatic nitrogens is 4. The fourth-order valence-corrected chi connectivity index (χ4v) is 4.02. The van der Waals surface area contributed by atoms with Gasteiger partial charge in [-0.25, -0.2) is 15.0 Å². The molecule has 28 heavy (non-hydrogen) atoms. The molecule has 7 heteroatoms. The zero-order chi connectivity index (χ0) is 18.5. The average molecular weight is 373 g/mol. The Morgan fingerprint density at radius 1 is 0.893 bits per heavy atom. The van der Waals surface area contributed by atoms with Crippen molar-refractivity contribution in [3.63, 3.8) is 0 Å². The summed E-state index contributed by atoms with van der Waals surface area (Å²) in [6.07, 6.45) is 3.53. The number of hydrogen-bond acceptors (Lipinski definition) is 6. The molecule has 1 aliphatic carbocycles.